The second-order valence-electron chi connectivity index (χ2n) is 5.36. The maximum Gasteiger partial charge on any atom is 0.337 e. The van der Waals surface area contributed by atoms with Crippen LogP contribution in [0.1, 0.15) is 10.4 Å². The Morgan fingerprint density at radius 2 is 1.85 bits per heavy atom. The molecule has 0 radical (unpaired) electrons. The van der Waals surface area contributed by atoms with Gasteiger partial charge in [-0.05, 0) is 30.3 Å². The predicted molar refractivity (Wildman–Crippen MR) is 95.7 cm³/mol. The minimum Gasteiger partial charge on any atom is -0.497 e. The summed E-state index contributed by atoms with van der Waals surface area (Å²) >= 11 is 0. The zero-order valence-electron chi connectivity index (χ0n) is 14.7. The van der Waals surface area contributed by atoms with Crippen molar-refractivity contribution in [2.75, 3.05) is 26.1 Å². The van der Waals surface area contributed by atoms with Crippen molar-refractivity contribution in [1.29, 1.82) is 0 Å². The number of rotatable bonds is 6. The Labute approximate surface area is 154 Å². The van der Waals surface area contributed by atoms with Crippen molar-refractivity contribution >= 4 is 32.8 Å². The van der Waals surface area contributed by atoms with Crippen molar-refractivity contribution in [2.45, 2.75) is 4.90 Å². The molecule has 0 saturated heterocycles. The van der Waals surface area contributed by atoms with E-state index in [0.717, 1.165) is 0 Å². The zero-order chi connectivity index (χ0) is 19.6. The maximum absolute atomic E-state index is 12.8. The van der Waals surface area contributed by atoms with E-state index in [4.69, 9.17) is 14.0 Å². The SMILES string of the molecule is COC(=O)c1ccc2c(NS(=O)(=O)c3ccc(OC)cc3OC)noc2c1. The van der Waals surface area contributed by atoms with Crippen molar-refractivity contribution in [2.24, 2.45) is 0 Å². The Morgan fingerprint density at radius 3 is 2.52 bits per heavy atom. The number of hydrogen-bond acceptors (Lipinski definition) is 8. The van der Waals surface area contributed by atoms with E-state index < -0.39 is 16.0 Å². The summed E-state index contributed by atoms with van der Waals surface area (Å²) in [7, 11) is 0.0588. The first-order chi connectivity index (χ1) is 12.9. The fraction of sp³-hybridized carbons (Fsp3) is 0.176. The van der Waals surface area contributed by atoms with Crippen LogP contribution in [0.15, 0.2) is 45.8 Å². The second-order valence-corrected chi connectivity index (χ2v) is 7.01. The van der Waals surface area contributed by atoms with Crippen LogP contribution in [0.5, 0.6) is 11.5 Å². The molecule has 9 nitrogen and oxygen atoms in total. The number of carbonyl (C=O) groups excluding carboxylic acids is 1. The molecule has 1 aromatic heterocycles. The molecule has 0 aliphatic heterocycles. The summed E-state index contributed by atoms with van der Waals surface area (Å²) in [6.45, 7) is 0. The lowest BCUT2D eigenvalue weighted by atomic mass is 10.2. The van der Waals surface area contributed by atoms with Gasteiger partial charge in [0.1, 0.15) is 16.4 Å². The summed E-state index contributed by atoms with van der Waals surface area (Å²) in [5, 5.41) is 4.13. The van der Waals surface area contributed by atoms with Crippen LogP contribution in [-0.2, 0) is 14.8 Å². The van der Waals surface area contributed by atoms with Crippen LogP contribution >= 0.6 is 0 Å². The molecular weight excluding hydrogens is 376 g/mol. The van der Waals surface area contributed by atoms with Gasteiger partial charge in [-0.25, -0.2) is 13.2 Å². The Morgan fingerprint density at radius 1 is 1.07 bits per heavy atom. The Bertz CT molecular complexity index is 1110. The van der Waals surface area contributed by atoms with Gasteiger partial charge in [0.2, 0.25) is 0 Å². The molecule has 10 heteroatoms. The van der Waals surface area contributed by atoms with E-state index >= 15 is 0 Å². The molecule has 0 aliphatic rings. The lowest BCUT2D eigenvalue weighted by molar-refractivity contribution is 0.0600. The Balaban J connectivity index is 1.98. The van der Waals surface area contributed by atoms with Crippen molar-refractivity contribution < 1.29 is 31.9 Å². The molecule has 0 saturated carbocycles. The number of hydrogen-bond donors (Lipinski definition) is 1. The summed E-state index contributed by atoms with van der Waals surface area (Å²) in [5.41, 5.74) is 0.490. The molecule has 0 aliphatic carbocycles. The quantitative estimate of drug-likeness (QED) is 0.636. The van der Waals surface area contributed by atoms with E-state index in [0.29, 0.717) is 11.1 Å². The first-order valence-corrected chi connectivity index (χ1v) is 9.10. The topological polar surface area (TPSA) is 117 Å². The highest BCUT2D eigenvalue weighted by Gasteiger charge is 2.23. The summed E-state index contributed by atoms with van der Waals surface area (Å²) in [4.78, 5) is 11.5. The molecule has 3 rings (SSSR count). The number of sulfonamides is 1. The van der Waals surface area contributed by atoms with Gasteiger partial charge in [-0.3, -0.25) is 4.72 Å². The number of esters is 1. The predicted octanol–water partition coefficient (Wildman–Crippen LogP) is 2.43. The number of carbonyl (C=O) groups is 1. The van der Waals surface area contributed by atoms with Crippen LogP contribution in [0, 0.1) is 0 Å². The molecule has 0 bridgehead atoms. The van der Waals surface area contributed by atoms with Gasteiger partial charge >= 0.3 is 5.97 Å². The van der Waals surface area contributed by atoms with Crippen molar-refractivity contribution in [3.63, 3.8) is 0 Å². The standard InChI is InChI=1S/C17H16N2O7S/c1-23-11-5-7-15(14(9-11)24-2)27(21,22)19-16-12-6-4-10(17(20)25-3)8-13(12)26-18-16/h4-9H,1-3H3,(H,18,19). The van der Waals surface area contributed by atoms with Crippen LogP contribution in [0.2, 0.25) is 0 Å². The first kappa shape index (κ1) is 18.5. The van der Waals surface area contributed by atoms with E-state index in [1.54, 1.807) is 0 Å². The summed E-state index contributed by atoms with van der Waals surface area (Å²) < 4.78 is 47.8. The number of methoxy groups -OCH3 is 3. The molecule has 0 fully saturated rings. The highest BCUT2D eigenvalue weighted by molar-refractivity contribution is 7.92. The molecule has 142 valence electrons. The molecular formula is C17H16N2O7S. The summed E-state index contributed by atoms with van der Waals surface area (Å²) in [6.07, 6.45) is 0. The smallest absolute Gasteiger partial charge is 0.337 e. The minimum atomic E-state index is -4.02. The van der Waals surface area contributed by atoms with Crippen LogP contribution in [0.4, 0.5) is 5.82 Å². The molecule has 0 unspecified atom stereocenters. The van der Waals surface area contributed by atoms with Gasteiger partial charge in [0, 0.05) is 6.07 Å². The number of nitrogens with zero attached hydrogens (tertiary/aromatic N) is 1. The third-order valence-corrected chi connectivity index (χ3v) is 5.16. The highest BCUT2D eigenvalue weighted by Crippen LogP contribution is 2.31. The Kier molecular flexibility index (Phi) is 4.91. The number of fused-ring (bicyclic) bond motifs is 1. The molecule has 0 spiro atoms. The van der Waals surface area contributed by atoms with Gasteiger partial charge in [-0.2, -0.15) is 0 Å². The van der Waals surface area contributed by atoms with Gasteiger partial charge in [0.05, 0.1) is 32.3 Å². The fourth-order valence-electron chi connectivity index (χ4n) is 2.44. The highest BCUT2D eigenvalue weighted by atomic mass is 32.2. The van der Waals surface area contributed by atoms with Gasteiger partial charge < -0.3 is 18.7 Å². The van der Waals surface area contributed by atoms with Crippen molar-refractivity contribution in [3.8, 4) is 11.5 Å². The Hall–Kier alpha value is -3.27. The molecule has 3 aromatic rings. The summed E-state index contributed by atoms with van der Waals surface area (Å²) in [5.74, 6) is 0.00772. The van der Waals surface area contributed by atoms with Gasteiger partial charge in [0.15, 0.2) is 11.4 Å². The number of ether oxygens (including phenoxy) is 3. The van der Waals surface area contributed by atoms with E-state index in [-0.39, 0.29) is 27.6 Å². The van der Waals surface area contributed by atoms with E-state index in [9.17, 15) is 13.2 Å². The molecule has 1 heterocycles. The average Bonchev–Trinajstić information content (AvgIpc) is 3.08. The third-order valence-electron chi connectivity index (χ3n) is 3.78. The summed E-state index contributed by atoms with van der Waals surface area (Å²) in [6, 6.07) is 8.73. The lowest BCUT2D eigenvalue weighted by Crippen LogP contribution is -2.14. The number of anilines is 1. The fourth-order valence-corrected chi connectivity index (χ4v) is 3.60. The largest absolute Gasteiger partial charge is 0.497 e. The second kappa shape index (κ2) is 7.16. The van der Waals surface area contributed by atoms with Gasteiger partial charge in [-0.15, -0.1) is 0 Å². The van der Waals surface area contributed by atoms with Gasteiger partial charge in [0.25, 0.3) is 10.0 Å². The lowest BCUT2D eigenvalue weighted by Gasteiger charge is -2.11. The van der Waals surface area contributed by atoms with E-state index in [2.05, 4.69) is 14.6 Å². The molecule has 2 aromatic carbocycles. The normalized spacial score (nSPS) is 11.2. The van der Waals surface area contributed by atoms with E-state index in [1.165, 1.54) is 57.7 Å². The van der Waals surface area contributed by atoms with Crippen LogP contribution in [0.25, 0.3) is 11.0 Å². The number of benzene rings is 2. The first-order valence-electron chi connectivity index (χ1n) is 7.62. The van der Waals surface area contributed by atoms with Crippen LogP contribution in [-0.4, -0.2) is 40.9 Å². The zero-order valence-corrected chi connectivity index (χ0v) is 15.5. The molecule has 1 N–H and O–H groups in total. The van der Waals surface area contributed by atoms with Crippen molar-refractivity contribution in [1.82, 2.24) is 5.16 Å². The minimum absolute atomic E-state index is 0.0145. The van der Waals surface area contributed by atoms with Crippen LogP contribution < -0.4 is 14.2 Å². The molecule has 0 atom stereocenters. The number of aromatic nitrogens is 1. The van der Waals surface area contributed by atoms with Crippen molar-refractivity contribution in [3.05, 3.63) is 42.0 Å². The van der Waals surface area contributed by atoms with Gasteiger partial charge in [-0.1, -0.05) is 5.16 Å². The third kappa shape index (κ3) is 3.51. The molecule has 27 heavy (non-hydrogen) atoms. The maximum atomic E-state index is 12.8. The van der Waals surface area contributed by atoms with Crippen LogP contribution in [0.3, 0.4) is 0 Å². The average molecular weight is 392 g/mol. The molecule has 0 amide bonds. The monoisotopic (exact) mass is 392 g/mol. The van der Waals surface area contributed by atoms with E-state index in [1.807, 2.05) is 0 Å². The number of nitrogens with one attached hydrogen (secondary N) is 1.